The van der Waals surface area contributed by atoms with E-state index in [0.29, 0.717) is 18.9 Å². The average molecular weight is 418 g/mol. The van der Waals surface area contributed by atoms with E-state index in [1.165, 1.54) is 0 Å². The molecule has 0 aliphatic carbocycles. The Morgan fingerprint density at radius 2 is 1.71 bits per heavy atom. The summed E-state index contributed by atoms with van der Waals surface area (Å²) in [6.45, 7) is 0. The molecule has 1 aromatic rings. The Bertz CT molecular complexity index is 848. The summed E-state index contributed by atoms with van der Waals surface area (Å²) in [5.74, 6) is -3.44. The molecule has 0 aromatic heterocycles. The summed E-state index contributed by atoms with van der Waals surface area (Å²) in [5, 5.41) is 0. The third-order valence-corrected chi connectivity index (χ3v) is 6.84. The van der Waals surface area contributed by atoms with Crippen LogP contribution in [-0.4, -0.2) is 49.4 Å². The molecule has 9 heteroatoms. The van der Waals surface area contributed by atoms with Crippen LogP contribution in [0.4, 0.5) is 13.2 Å². The molecule has 28 heavy (non-hydrogen) atoms. The molecule has 0 spiro atoms. The highest BCUT2D eigenvalue weighted by atomic mass is 32.2. The Morgan fingerprint density at radius 3 is 2.29 bits per heavy atom. The molecule has 0 radical (unpaired) electrons. The first-order chi connectivity index (χ1) is 13.0. The van der Waals surface area contributed by atoms with Gasteiger partial charge in [0.05, 0.1) is 5.75 Å². The molecule has 2 N–H and O–H groups in total. The molecule has 2 aliphatic rings. The van der Waals surface area contributed by atoms with Gasteiger partial charge in [-0.3, -0.25) is 4.79 Å². The third-order valence-electron chi connectivity index (χ3n) is 5.89. The highest BCUT2D eigenvalue weighted by Gasteiger charge is 2.44. The van der Waals surface area contributed by atoms with Crippen molar-refractivity contribution < 1.29 is 26.4 Å². The number of hydrogen-bond acceptors (Lipinski definition) is 4. The number of sulfone groups is 1. The fourth-order valence-electron chi connectivity index (χ4n) is 4.52. The second-order valence-electron chi connectivity index (χ2n) is 8.02. The number of rotatable bonds is 6. The van der Waals surface area contributed by atoms with Crippen molar-refractivity contribution in [3.8, 4) is 0 Å². The van der Waals surface area contributed by atoms with Gasteiger partial charge in [-0.25, -0.2) is 21.6 Å². The summed E-state index contributed by atoms with van der Waals surface area (Å²) in [6.07, 6.45) is 4.13. The number of piperidine rings is 1. The normalized spacial score (nSPS) is 25.8. The van der Waals surface area contributed by atoms with Crippen molar-refractivity contribution in [2.24, 2.45) is 11.7 Å². The molecule has 2 heterocycles. The summed E-state index contributed by atoms with van der Waals surface area (Å²) in [4.78, 5) is 14.3. The Hall–Kier alpha value is -1.61. The molecule has 2 saturated heterocycles. The van der Waals surface area contributed by atoms with Crippen LogP contribution in [0.15, 0.2) is 12.1 Å². The molecule has 5 nitrogen and oxygen atoms in total. The smallest absolute Gasteiger partial charge is 0.224 e. The van der Waals surface area contributed by atoms with Gasteiger partial charge in [-0.2, -0.15) is 0 Å². The van der Waals surface area contributed by atoms with Crippen molar-refractivity contribution in [2.75, 3.05) is 12.0 Å². The van der Waals surface area contributed by atoms with Crippen LogP contribution in [0.5, 0.6) is 0 Å². The SMILES string of the molecule is CS(=O)(=O)CCC(=O)N1C2CCC1CC([C@H](N)Cc1cc(F)c(F)cc1F)C2. The molecule has 2 bridgehead atoms. The largest absolute Gasteiger partial charge is 0.337 e. The number of halogens is 3. The molecule has 0 saturated carbocycles. The minimum absolute atomic E-state index is 0.00309. The van der Waals surface area contributed by atoms with E-state index < -0.39 is 33.3 Å². The molecule has 3 rings (SSSR count). The monoisotopic (exact) mass is 418 g/mol. The van der Waals surface area contributed by atoms with Crippen LogP contribution in [0.2, 0.25) is 0 Å². The van der Waals surface area contributed by atoms with Gasteiger partial charge in [-0.1, -0.05) is 0 Å². The zero-order valence-electron chi connectivity index (χ0n) is 15.7. The van der Waals surface area contributed by atoms with Crippen molar-refractivity contribution in [3.63, 3.8) is 0 Å². The molecule has 1 aromatic carbocycles. The second-order valence-corrected chi connectivity index (χ2v) is 10.3. The number of amides is 1. The van der Waals surface area contributed by atoms with E-state index in [4.69, 9.17) is 5.73 Å². The van der Waals surface area contributed by atoms with E-state index in [0.717, 1.165) is 25.2 Å². The Kier molecular flexibility index (Phi) is 6.05. The predicted molar refractivity (Wildman–Crippen MR) is 98.7 cm³/mol. The number of nitrogens with zero attached hydrogens (tertiary/aromatic N) is 1. The van der Waals surface area contributed by atoms with E-state index in [1.807, 2.05) is 0 Å². The van der Waals surface area contributed by atoms with Crippen LogP contribution < -0.4 is 5.73 Å². The van der Waals surface area contributed by atoms with E-state index in [9.17, 15) is 26.4 Å². The highest BCUT2D eigenvalue weighted by molar-refractivity contribution is 7.90. The van der Waals surface area contributed by atoms with Crippen molar-refractivity contribution >= 4 is 15.7 Å². The Morgan fingerprint density at radius 1 is 1.14 bits per heavy atom. The summed E-state index contributed by atoms with van der Waals surface area (Å²) in [6, 6.07) is 0.941. The first-order valence-electron chi connectivity index (χ1n) is 9.43. The van der Waals surface area contributed by atoms with Crippen LogP contribution in [0.1, 0.15) is 37.7 Å². The number of nitrogens with two attached hydrogens (primary N) is 1. The molecule has 3 atom stereocenters. The lowest BCUT2D eigenvalue weighted by Gasteiger charge is -2.41. The topological polar surface area (TPSA) is 80.5 Å². The lowest BCUT2D eigenvalue weighted by Crippen LogP contribution is -2.50. The maximum atomic E-state index is 13.9. The fraction of sp³-hybridized carbons (Fsp3) is 0.632. The van der Waals surface area contributed by atoms with Crippen molar-refractivity contribution in [3.05, 3.63) is 35.1 Å². The van der Waals surface area contributed by atoms with Crippen LogP contribution in [0.25, 0.3) is 0 Å². The van der Waals surface area contributed by atoms with Gasteiger partial charge in [0.15, 0.2) is 11.6 Å². The van der Waals surface area contributed by atoms with Gasteiger partial charge in [-0.15, -0.1) is 0 Å². The quantitative estimate of drug-likeness (QED) is 0.718. The van der Waals surface area contributed by atoms with Crippen LogP contribution in [0, 0.1) is 23.4 Å². The van der Waals surface area contributed by atoms with E-state index in [-0.39, 0.29) is 48.1 Å². The van der Waals surface area contributed by atoms with E-state index in [1.54, 1.807) is 4.90 Å². The van der Waals surface area contributed by atoms with Gasteiger partial charge in [0.2, 0.25) is 5.91 Å². The molecule has 2 fully saturated rings. The van der Waals surface area contributed by atoms with Crippen LogP contribution in [-0.2, 0) is 21.1 Å². The number of carbonyl (C=O) groups excluding carboxylic acids is 1. The minimum atomic E-state index is -3.20. The number of benzene rings is 1. The summed E-state index contributed by atoms with van der Waals surface area (Å²) < 4.78 is 63.1. The van der Waals surface area contributed by atoms with Gasteiger partial charge in [0.25, 0.3) is 0 Å². The standard InChI is InChI=1S/C19H25F3N2O3S/c1-28(26,27)5-4-19(25)24-13-2-3-14(24)7-12(6-13)18(23)9-11-8-16(21)17(22)10-15(11)20/h8,10,12-14,18H,2-7,9,23H2,1H3/t12?,13?,14?,18-/m1/s1. The summed E-state index contributed by atoms with van der Waals surface area (Å²) >= 11 is 0. The summed E-state index contributed by atoms with van der Waals surface area (Å²) in [7, 11) is -3.20. The van der Waals surface area contributed by atoms with Crippen LogP contribution >= 0.6 is 0 Å². The van der Waals surface area contributed by atoms with Gasteiger partial charge < -0.3 is 10.6 Å². The third kappa shape index (κ3) is 4.68. The molecule has 2 aliphatic heterocycles. The molecular formula is C19H25F3N2O3S. The molecule has 2 unspecified atom stereocenters. The van der Waals surface area contributed by atoms with E-state index >= 15 is 0 Å². The van der Waals surface area contributed by atoms with Crippen LogP contribution in [0.3, 0.4) is 0 Å². The first kappa shape index (κ1) is 21.1. The second kappa shape index (κ2) is 8.02. The fourth-order valence-corrected chi connectivity index (χ4v) is 5.06. The van der Waals surface area contributed by atoms with Crippen molar-refractivity contribution in [2.45, 2.75) is 56.7 Å². The van der Waals surface area contributed by atoms with Gasteiger partial charge >= 0.3 is 0 Å². The highest BCUT2D eigenvalue weighted by Crippen LogP contribution is 2.40. The van der Waals surface area contributed by atoms with Gasteiger partial charge in [0, 0.05) is 36.9 Å². The lowest BCUT2D eigenvalue weighted by molar-refractivity contribution is -0.136. The first-order valence-corrected chi connectivity index (χ1v) is 11.5. The Balaban J connectivity index is 1.63. The predicted octanol–water partition coefficient (Wildman–Crippen LogP) is 2.18. The minimum Gasteiger partial charge on any atom is -0.337 e. The van der Waals surface area contributed by atoms with Gasteiger partial charge in [0.1, 0.15) is 15.7 Å². The van der Waals surface area contributed by atoms with E-state index in [2.05, 4.69) is 0 Å². The maximum absolute atomic E-state index is 13.9. The van der Waals surface area contributed by atoms with Gasteiger partial charge in [-0.05, 0) is 49.7 Å². The number of carbonyl (C=O) groups is 1. The van der Waals surface area contributed by atoms with Crippen molar-refractivity contribution in [1.29, 1.82) is 0 Å². The molecular weight excluding hydrogens is 393 g/mol. The average Bonchev–Trinajstić information content (AvgIpc) is 2.86. The van der Waals surface area contributed by atoms with Crippen molar-refractivity contribution in [1.82, 2.24) is 4.90 Å². The molecule has 156 valence electrons. The number of fused-ring (bicyclic) bond motifs is 2. The zero-order valence-corrected chi connectivity index (χ0v) is 16.5. The number of hydrogen-bond donors (Lipinski definition) is 1. The lowest BCUT2D eigenvalue weighted by atomic mass is 9.82. The molecule has 1 amide bonds. The Labute approximate surface area is 163 Å². The maximum Gasteiger partial charge on any atom is 0.224 e. The summed E-state index contributed by atoms with van der Waals surface area (Å²) in [5.41, 5.74) is 6.31. The zero-order chi connectivity index (χ0) is 20.6.